The maximum atomic E-state index is 13.0. The third-order valence-electron chi connectivity index (χ3n) is 3.38. The van der Waals surface area contributed by atoms with Crippen molar-refractivity contribution in [1.82, 2.24) is 10.3 Å². The third-order valence-corrected chi connectivity index (χ3v) is 4.69. The number of aryl methyl sites for hydroxylation is 1. The molecule has 0 saturated carbocycles. The number of thiazole rings is 1. The van der Waals surface area contributed by atoms with Gasteiger partial charge in [-0.15, -0.1) is 11.3 Å². The molecule has 0 fully saturated rings. The van der Waals surface area contributed by atoms with Gasteiger partial charge in [-0.05, 0) is 43.1 Å². The molecule has 2 aromatic rings. The Bertz CT molecular complexity index is 599. The zero-order valence-corrected chi connectivity index (χ0v) is 14.0. The fraction of sp³-hybridized carbons (Fsp3) is 0.471. The molecule has 0 amide bonds. The summed E-state index contributed by atoms with van der Waals surface area (Å²) in [5.74, 6) is -0.165. The summed E-state index contributed by atoms with van der Waals surface area (Å²) in [6, 6.07) is 4.98. The van der Waals surface area contributed by atoms with Gasteiger partial charge < -0.3 is 5.32 Å². The standard InChI is InChI=1S/C17H23FN2S/c1-12-9-14(18)6-5-13(12)7-8-19-10-15-11-21-16(20-15)17(2,3)4/h5-6,9,11,19H,7-8,10H2,1-4H3. The zero-order valence-electron chi connectivity index (χ0n) is 13.2. The second-order valence-electron chi connectivity index (χ2n) is 6.39. The van der Waals surface area contributed by atoms with Crippen molar-refractivity contribution in [3.05, 3.63) is 51.2 Å². The van der Waals surface area contributed by atoms with Gasteiger partial charge in [-0.3, -0.25) is 0 Å². The molecule has 0 saturated heterocycles. The minimum Gasteiger partial charge on any atom is -0.311 e. The summed E-state index contributed by atoms with van der Waals surface area (Å²) >= 11 is 1.72. The van der Waals surface area contributed by atoms with Crippen LogP contribution in [-0.4, -0.2) is 11.5 Å². The third kappa shape index (κ3) is 4.61. The van der Waals surface area contributed by atoms with Crippen LogP contribution >= 0.6 is 11.3 Å². The number of rotatable bonds is 5. The van der Waals surface area contributed by atoms with Gasteiger partial charge in [0.25, 0.3) is 0 Å². The summed E-state index contributed by atoms with van der Waals surface area (Å²) in [6.07, 6.45) is 0.905. The van der Waals surface area contributed by atoms with Gasteiger partial charge in [0, 0.05) is 17.3 Å². The van der Waals surface area contributed by atoms with Crippen LogP contribution in [-0.2, 0) is 18.4 Å². The molecule has 0 unspecified atom stereocenters. The Hall–Kier alpha value is -1.26. The first-order valence-electron chi connectivity index (χ1n) is 7.27. The number of hydrogen-bond donors (Lipinski definition) is 1. The predicted octanol–water partition coefficient (Wildman–Crippen LogP) is 4.22. The Labute approximate surface area is 130 Å². The van der Waals surface area contributed by atoms with Crippen molar-refractivity contribution >= 4 is 11.3 Å². The molecule has 0 aliphatic rings. The molecule has 114 valence electrons. The molecule has 0 atom stereocenters. The van der Waals surface area contributed by atoms with Crippen molar-refractivity contribution in [2.75, 3.05) is 6.54 Å². The molecule has 0 bridgehead atoms. The first-order chi connectivity index (χ1) is 9.86. The Morgan fingerprint density at radius 3 is 2.67 bits per heavy atom. The predicted molar refractivity (Wildman–Crippen MR) is 87.4 cm³/mol. The Balaban J connectivity index is 1.81. The molecule has 21 heavy (non-hydrogen) atoms. The summed E-state index contributed by atoms with van der Waals surface area (Å²) < 4.78 is 13.0. The van der Waals surface area contributed by atoms with Crippen molar-refractivity contribution in [1.29, 1.82) is 0 Å². The van der Waals surface area contributed by atoms with Crippen LogP contribution in [0.15, 0.2) is 23.6 Å². The van der Waals surface area contributed by atoms with Crippen LogP contribution in [0.2, 0.25) is 0 Å². The van der Waals surface area contributed by atoms with Gasteiger partial charge in [-0.25, -0.2) is 9.37 Å². The highest BCUT2D eigenvalue weighted by Gasteiger charge is 2.17. The lowest BCUT2D eigenvalue weighted by atomic mass is 9.98. The number of halogens is 1. The molecule has 1 N–H and O–H groups in total. The maximum absolute atomic E-state index is 13.0. The van der Waals surface area contributed by atoms with E-state index < -0.39 is 0 Å². The van der Waals surface area contributed by atoms with E-state index in [1.54, 1.807) is 17.4 Å². The fourth-order valence-electron chi connectivity index (χ4n) is 2.11. The van der Waals surface area contributed by atoms with E-state index in [2.05, 4.69) is 36.5 Å². The van der Waals surface area contributed by atoms with Gasteiger partial charge in [-0.2, -0.15) is 0 Å². The van der Waals surface area contributed by atoms with E-state index in [1.165, 1.54) is 16.6 Å². The quantitative estimate of drug-likeness (QED) is 0.837. The van der Waals surface area contributed by atoms with E-state index in [9.17, 15) is 4.39 Å². The SMILES string of the molecule is Cc1cc(F)ccc1CCNCc1csc(C(C)(C)C)n1. The van der Waals surface area contributed by atoms with Gasteiger partial charge >= 0.3 is 0 Å². The number of benzene rings is 1. The largest absolute Gasteiger partial charge is 0.311 e. The molecule has 1 aromatic heterocycles. The van der Waals surface area contributed by atoms with Crippen molar-refractivity contribution in [2.45, 2.75) is 46.1 Å². The number of nitrogens with zero attached hydrogens (tertiary/aromatic N) is 1. The molecule has 0 spiro atoms. The number of hydrogen-bond acceptors (Lipinski definition) is 3. The average molecular weight is 306 g/mol. The summed E-state index contributed by atoms with van der Waals surface area (Å²) in [7, 11) is 0. The Morgan fingerprint density at radius 1 is 1.29 bits per heavy atom. The minimum atomic E-state index is -0.165. The Morgan fingerprint density at radius 2 is 2.05 bits per heavy atom. The summed E-state index contributed by atoms with van der Waals surface area (Å²) in [5, 5.41) is 6.70. The van der Waals surface area contributed by atoms with Gasteiger partial charge in [-0.1, -0.05) is 26.8 Å². The lowest BCUT2D eigenvalue weighted by molar-refractivity contribution is 0.579. The van der Waals surface area contributed by atoms with Crippen LogP contribution in [0.3, 0.4) is 0 Å². The molecule has 0 aliphatic heterocycles. The minimum absolute atomic E-state index is 0.119. The molecule has 2 nitrogen and oxygen atoms in total. The molecular weight excluding hydrogens is 283 g/mol. The topological polar surface area (TPSA) is 24.9 Å². The first kappa shape index (κ1) is 16.1. The maximum Gasteiger partial charge on any atom is 0.123 e. The van der Waals surface area contributed by atoms with Crippen molar-refractivity contribution in [2.24, 2.45) is 0 Å². The molecule has 4 heteroatoms. The van der Waals surface area contributed by atoms with E-state index >= 15 is 0 Å². The van der Waals surface area contributed by atoms with Gasteiger partial charge in [0.1, 0.15) is 5.82 Å². The molecular formula is C17H23FN2S. The monoisotopic (exact) mass is 306 g/mol. The lowest BCUT2D eigenvalue weighted by Crippen LogP contribution is -2.18. The molecule has 1 aromatic carbocycles. The van der Waals surface area contributed by atoms with Gasteiger partial charge in [0.05, 0.1) is 10.7 Å². The lowest BCUT2D eigenvalue weighted by Gasteiger charge is -2.13. The van der Waals surface area contributed by atoms with Crippen LogP contribution in [0.25, 0.3) is 0 Å². The average Bonchev–Trinajstić information content (AvgIpc) is 2.85. The van der Waals surface area contributed by atoms with Crippen LogP contribution in [0, 0.1) is 12.7 Å². The highest BCUT2D eigenvalue weighted by molar-refractivity contribution is 7.09. The van der Waals surface area contributed by atoms with E-state index in [0.717, 1.165) is 30.8 Å². The molecule has 2 rings (SSSR count). The molecule has 0 aliphatic carbocycles. The van der Waals surface area contributed by atoms with Gasteiger partial charge in [0.15, 0.2) is 0 Å². The van der Waals surface area contributed by atoms with Crippen molar-refractivity contribution in [3.8, 4) is 0 Å². The van der Waals surface area contributed by atoms with Crippen molar-refractivity contribution in [3.63, 3.8) is 0 Å². The van der Waals surface area contributed by atoms with E-state index in [-0.39, 0.29) is 11.2 Å². The van der Waals surface area contributed by atoms with E-state index in [0.29, 0.717) is 0 Å². The first-order valence-corrected chi connectivity index (χ1v) is 8.15. The van der Waals surface area contributed by atoms with Crippen LogP contribution < -0.4 is 5.32 Å². The summed E-state index contributed by atoms with van der Waals surface area (Å²) in [5.41, 5.74) is 3.42. The summed E-state index contributed by atoms with van der Waals surface area (Å²) in [6.45, 7) is 10.1. The highest BCUT2D eigenvalue weighted by Crippen LogP contribution is 2.25. The smallest absolute Gasteiger partial charge is 0.123 e. The van der Waals surface area contributed by atoms with Crippen molar-refractivity contribution < 1.29 is 4.39 Å². The molecule has 1 heterocycles. The van der Waals surface area contributed by atoms with E-state index in [4.69, 9.17) is 0 Å². The van der Waals surface area contributed by atoms with Crippen LogP contribution in [0.1, 0.15) is 42.6 Å². The van der Waals surface area contributed by atoms with Crippen LogP contribution in [0.5, 0.6) is 0 Å². The highest BCUT2D eigenvalue weighted by atomic mass is 32.1. The fourth-order valence-corrected chi connectivity index (χ4v) is 3.02. The van der Waals surface area contributed by atoms with E-state index in [1.807, 2.05) is 13.0 Å². The second-order valence-corrected chi connectivity index (χ2v) is 7.25. The Kier molecular flexibility index (Phi) is 5.12. The van der Waals surface area contributed by atoms with Crippen LogP contribution in [0.4, 0.5) is 4.39 Å². The molecule has 0 radical (unpaired) electrons. The second kappa shape index (κ2) is 6.67. The zero-order chi connectivity index (χ0) is 15.5. The van der Waals surface area contributed by atoms with Gasteiger partial charge in [0.2, 0.25) is 0 Å². The summed E-state index contributed by atoms with van der Waals surface area (Å²) in [4.78, 5) is 4.66. The normalized spacial score (nSPS) is 11.9. The number of nitrogens with one attached hydrogen (secondary N) is 1. The number of aromatic nitrogens is 1.